The van der Waals surface area contributed by atoms with Crippen LogP contribution in [0.15, 0.2) is 51.9 Å². The molecule has 3 aromatic rings. The number of benzene rings is 2. The van der Waals surface area contributed by atoms with E-state index in [0.717, 1.165) is 5.56 Å². The lowest BCUT2D eigenvalue weighted by Crippen LogP contribution is -2.37. The molecule has 0 saturated heterocycles. The van der Waals surface area contributed by atoms with Crippen LogP contribution < -0.4 is 14.9 Å². The molecule has 2 aromatic carbocycles. The van der Waals surface area contributed by atoms with E-state index in [1.54, 1.807) is 18.2 Å². The van der Waals surface area contributed by atoms with Gasteiger partial charge in [-0.05, 0) is 56.7 Å². The number of carboxylic acids is 1. The van der Waals surface area contributed by atoms with Gasteiger partial charge in [-0.3, -0.25) is 4.79 Å². The Morgan fingerprint density at radius 2 is 1.85 bits per heavy atom. The van der Waals surface area contributed by atoms with Gasteiger partial charge >= 0.3 is 5.97 Å². The number of halogens is 1. The van der Waals surface area contributed by atoms with Crippen molar-refractivity contribution in [2.45, 2.75) is 26.4 Å². The normalized spacial score (nSPS) is 11.4. The van der Waals surface area contributed by atoms with Crippen LogP contribution in [-0.4, -0.2) is 16.7 Å². The summed E-state index contributed by atoms with van der Waals surface area (Å²) in [6.07, 6.45) is 1.21. The average molecular weight is 389 g/mol. The molecule has 0 saturated carbocycles. The Labute approximate surface area is 159 Å². The van der Waals surface area contributed by atoms with Gasteiger partial charge < -0.3 is 19.0 Å². The molecule has 0 bridgehead atoms. The van der Waals surface area contributed by atoms with E-state index in [9.17, 15) is 9.59 Å². The molecule has 0 spiro atoms. The Kier molecular flexibility index (Phi) is 4.85. The van der Waals surface area contributed by atoms with Crippen molar-refractivity contribution in [2.24, 2.45) is 0 Å². The number of rotatable bonds is 5. The molecule has 3 rings (SSSR count). The fourth-order valence-electron chi connectivity index (χ4n) is 2.37. The van der Waals surface area contributed by atoms with E-state index in [-0.39, 0.29) is 22.5 Å². The zero-order chi connectivity index (χ0) is 19.8. The maximum absolute atomic E-state index is 12.6. The van der Waals surface area contributed by atoms with Crippen molar-refractivity contribution < 1.29 is 23.8 Å². The van der Waals surface area contributed by atoms with Crippen molar-refractivity contribution in [1.29, 1.82) is 0 Å². The van der Waals surface area contributed by atoms with Crippen LogP contribution in [0.5, 0.6) is 17.2 Å². The molecule has 7 heteroatoms. The number of ether oxygens (including phenoxy) is 2. The van der Waals surface area contributed by atoms with Gasteiger partial charge in [0.1, 0.15) is 23.3 Å². The van der Waals surface area contributed by atoms with Crippen LogP contribution >= 0.6 is 11.6 Å². The predicted molar refractivity (Wildman–Crippen MR) is 101 cm³/mol. The first-order valence-corrected chi connectivity index (χ1v) is 8.47. The molecule has 0 aliphatic carbocycles. The van der Waals surface area contributed by atoms with Gasteiger partial charge in [-0.2, -0.15) is 0 Å². The van der Waals surface area contributed by atoms with E-state index < -0.39 is 11.6 Å². The molecule has 1 aromatic heterocycles. The summed E-state index contributed by atoms with van der Waals surface area (Å²) < 4.78 is 16.6. The van der Waals surface area contributed by atoms with Crippen LogP contribution in [0.4, 0.5) is 0 Å². The number of hydrogen-bond acceptors (Lipinski definition) is 5. The highest BCUT2D eigenvalue weighted by Crippen LogP contribution is 2.27. The topological polar surface area (TPSA) is 86.0 Å². The number of carbonyl (C=O) groups is 1. The molecule has 0 amide bonds. The molecule has 0 atom stereocenters. The third-order valence-corrected chi connectivity index (χ3v) is 4.38. The van der Waals surface area contributed by atoms with Crippen LogP contribution in [0.1, 0.15) is 19.4 Å². The standard InChI is InChI=1S/C20H17ClO6/c1-11-8-12(5-7-15(11)21)26-17-10-25-16-9-13(4-6-14(16)18(17)22)27-20(2,3)19(23)24/h4-10H,1-3H3,(H,23,24). The fraction of sp³-hybridized carbons (Fsp3) is 0.200. The quantitative estimate of drug-likeness (QED) is 0.676. The summed E-state index contributed by atoms with van der Waals surface area (Å²) in [6, 6.07) is 9.55. The molecule has 0 fully saturated rings. The van der Waals surface area contributed by atoms with E-state index in [1.165, 1.54) is 38.3 Å². The molecule has 0 aliphatic rings. The molecule has 0 unspecified atom stereocenters. The van der Waals surface area contributed by atoms with Gasteiger partial charge in [-0.1, -0.05) is 11.6 Å². The molecule has 0 aliphatic heterocycles. The largest absolute Gasteiger partial charge is 0.478 e. The van der Waals surface area contributed by atoms with Crippen molar-refractivity contribution in [3.63, 3.8) is 0 Å². The lowest BCUT2D eigenvalue weighted by molar-refractivity contribution is -0.152. The summed E-state index contributed by atoms with van der Waals surface area (Å²) in [6.45, 7) is 4.69. The number of fused-ring (bicyclic) bond motifs is 1. The second kappa shape index (κ2) is 6.96. The zero-order valence-electron chi connectivity index (χ0n) is 14.9. The Hall–Kier alpha value is -2.99. The van der Waals surface area contributed by atoms with E-state index in [2.05, 4.69) is 0 Å². The average Bonchev–Trinajstić information content (AvgIpc) is 2.60. The van der Waals surface area contributed by atoms with E-state index in [4.69, 9.17) is 30.6 Å². The number of hydrogen-bond donors (Lipinski definition) is 1. The van der Waals surface area contributed by atoms with Crippen molar-refractivity contribution >= 4 is 28.5 Å². The Morgan fingerprint density at radius 3 is 2.52 bits per heavy atom. The molecular weight excluding hydrogens is 372 g/mol. The number of carboxylic acid groups (broad SMARTS) is 1. The molecule has 0 radical (unpaired) electrons. The minimum absolute atomic E-state index is 0.0313. The first-order chi connectivity index (χ1) is 12.7. The summed E-state index contributed by atoms with van der Waals surface area (Å²) in [7, 11) is 0. The Bertz CT molecular complexity index is 1080. The van der Waals surface area contributed by atoms with Gasteiger partial charge in [0.15, 0.2) is 5.60 Å². The third-order valence-electron chi connectivity index (χ3n) is 3.96. The highest BCUT2D eigenvalue weighted by Gasteiger charge is 2.29. The summed E-state index contributed by atoms with van der Waals surface area (Å²) in [5.41, 5.74) is -0.683. The van der Waals surface area contributed by atoms with Gasteiger partial charge in [0, 0.05) is 11.1 Å². The SMILES string of the molecule is Cc1cc(Oc2coc3cc(OC(C)(C)C(=O)O)ccc3c2=O)ccc1Cl. The van der Waals surface area contributed by atoms with Crippen LogP contribution in [-0.2, 0) is 4.79 Å². The summed E-state index contributed by atoms with van der Waals surface area (Å²) in [5.74, 6) is -0.332. The number of aliphatic carboxylic acids is 1. The van der Waals surface area contributed by atoms with E-state index >= 15 is 0 Å². The summed E-state index contributed by atoms with van der Waals surface area (Å²) >= 11 is 5.99. The first kappa shape index (κ1) is 18.8. The van der Waals surface area contributed by atoms with Crippen molar-refractivity contribution in [1.82, 2.24) is 0 Å². The van der Waals surface area contributed by atoms with Crippen molar-refractivity contribution in [3.8, 4) is 17.2 Å². The maximum Gasteiger partial charge on any atom is 0.347 e. The molecule has 140 valence electrons. The lowest BCUT2D eigenvalue weighted by atomic mass is 10.1. The van der Waals surface area contributed by atoms with Crippen LogP contribution in [0.3, 0.4) is 0 Å². The van der Waals surface area contributed by atoms with Crippen LogP contribution in [0.2, 0.25) is 5.02 Å². The maximum atomic E-state index is 12.6. The lowest BCUT2D eigenvalue weighted by Gasteiger charge is -2.21. The van der Waals surface area contributed by atoms with Gasteiger partial charge in [0.05, 0.1) is 5.39 Å². The van der Waals surface area contributed by atoms with Crippen LogP contribution in [0.25, 0.3) is 11.0 Å². The van der Waals surface area contributed by atoms with Crippen molar-refractivity contribution in [2.75, 3.05) is 0 Å². The molecule has 27 heavy (non-hydrogen) atoms. The third kappa shape index (κ3) is 3.90. The van der Waals surface area contributed by atoms with Crippen LogP contribution in [0, 0.1) is 6.92 Å². The highest BCUT2D eigenvalue weighted by molar-refractivity contribution is 6.31. The monoisotopic (exact) mass is 388 g/mol. The minimum atomic E-state index is -1.41. The summed E-state index contributed by atoms with van der Waals surface area (Å²) in [4.78, 5) is 23.8. The minimum Gasteiger partial charge on any atom is -0.478 e. The Balaban J connectivity index is 1.93. The fourth-order valence-corrected chi connectivity index (χ4v) is 2.49. The van der Waals surface area contributed by atoms with E-state index in [0.29, 0.717) is 16.2 Å². The van der Waals surface area contributed by atoms with E-state index in [1.807, 2.05) is 6.92 Å². The highest BCUT2D eigenvalue weighted by atomic mass is 35.5. The smallest absolute Gasteiger partial charge is 0.347 e. The van der Waals surface area contributed by atoms with Gasteiger partial charge in [-0.25, -0.2) is 4.79 Å². The first-order valence-electron chi connectivity index (χ1n) is 8.09. The molecular formula is C20H17ClO6. The molecule has 1 heterocycles. The second-order valence-corrected chi connectivity index (χ2v) is 6.92. The molecule has 6 nitrogen and oxygen atoms in total. The van der Waals surface area contributed by atoms with Crippen molar-refractivity contribution in [3.05, 3.63) is 63.5 Å². The van der Waals surface area contributed by atoms with Gasteiger partial charge in [0.25, 0.3) is 0 Å². The second-order valence-electron chi connectivity index (χ2n) is 6.52. The van der Waals surface area contributed by atoms with Gasteiger partial charge in [-0.15, -0.1) is 0 Å². The number of aryl methyl sites for hydroxylation is 1. The zero-order valence-corrected chi connectivity index (χ0v) is 15.7. The summed E-state index contributed by atoms with van der Waals surface area (Å²) in [5, 5.41) is 10.0. The Morgan fingerprint density at radius 1 is 1.15 bits per heavy atom. The molecule has 1 N–H and O–H groups in total. The van der Waals surface area contributed by atoms with Gasteiger partial charge in [0.2, 0.25) is 11.2 Å². The predicted octanol–water partition coefficient (Wildman–Crippen LogP) is 4.79.